The van der Waals surface area contributed by atoms with Gasteiger partial charge in [-0.1, -0.05) is 27.7 Å². The molecule has 2 unspecified atom stereocenters. The first-order valence-electron chi connectivity index (χ1n) is 12.0. The Kier molecular flexibility index (Phi) is 17.9. The molecule has 10 heteroatoms. The van der Waals surface area contributed by atoms with E-state index in [1.807, 2.05) is 27.7 Å². The van der Waals surface area contributed by atoms with Crippen LogP contribution in [-0.2, 0) is 38.1 Å². The van der Waals surface area contributed by atoms with E-state index in [-0.39, 0.29) is 26.1 Å². The van der Waals surface area contributed by atoms with E-state index >= 15 is 0 Å². The van der Waals surface area contributed by atoms with Crippen LogP contribution in [0.25, 0.3) is 0 Å². The fourth-order valence-electron chi connectivity index (χ4n) is 2.90. The molecule has 2 atom stereocenters. The molecule has 0 rings (SSSR count). The molecule has 0 aliphatic heterocycles. The number of hydrogen-bond donors (Lipinski definition) is 2. The van der Waals surface area contributed by atoms with Gasteiger partial charge in [0.15, 0.2) is 0 Å². The third-order valence-electron chi connectivity index (χ3n) is 4.82. The molecule has 0 spiro atoms. The molecule has 34 heavy (non-hydrogen) atoms. The number of nitrogens with one attached hydrogen (secondary N) is 2. The Bertz CT molecular complexity index is 558. The number of carbonyl (C=O) groups is 4. The van der Waals surface area contributed by atoms with Crippen LogP contribution in [0.4, 0.5) is 0 Å². The highest BCUT2D eigenvalue weighted by Gasteiger charge is 2.24. The molecule has 0 amide bonds. The van der Waals surface area contributed by atoms with Gasteiger partial charge in [-0.2, -0.15) is 0 Å². The molecule has 0 saturated carbocycles. The molecular formula is C24H44N2O8. The maximum Gasteiger partial charge on any atom is 0.323 e. The van der Waals surface area contributed by atoms with Crippen molar-refractivity contribution in [3.63, 3.8) is 0 Å². The summed E-state index contributed by atoms with van der Waals surface area (Å²) < 4.78 is 19.9. The van der Waals surface area contributed by atoms with Gasteiger partial charge in [0.1, 0.15) is 12.1 Å². The highest BCUT2D eigenvalue weighted by atomic mass is 16.5. The van der Waals surface area contributed by atoms with Gasteiger partial charge < -0.3 is 29.6 Å². The van der Waals surface area contributed by atoms with Gasteiger partial charge in [0, 0.05) is 0 Å². The lowest BCUT2D eigenvalue weighted by Gasteiger charge is -2.17. The molecule has 0 aromatic carbocycles. The van der Waals surface area contributed by atoms with Crippen molar-refractivity contribution < 1.29 is 38.1 Å². The van der Waals surface area contributed by atoms with Crippen molar-refractivity contribution in [2.75, 3.05) is 40.5 Å². The minimum absolute atomic E-state index is 0.0755. The van der Waals surface area contributed by atoms with Gasteiger partial charge in [0.2, 0.25) is 0 Å². The van der Waals surface area contributed by atoms with E-state index in [9.17, 15) is 19.2 Å². The highest BCUT2D eigenvalue weighted by molar-refractivity contribution is 5.83. The monoisotopic (exact) mass is 488 g/mol. The Morgan fingerprint density at radius 2 is 0.971 bits per heavy atom. The van der Waals surface area contributed by atoms with Crippen LogP contribution >= 0.6 is 0 Å². The van der Waals surface area contributed by atoms with Crippen molar-refractivity contribution in [1.29, 1.82) is 0 Å². The Morgan fingerprint density at radius 1 is 0.618 bits per heavy atom. The third kappa shape index (κ3) is 16.4. The van der Waals surface area contributed by atoms with E-state index in [1.54, 1.807) is 0 Å². The minimum Gasteiger partial charge on any atom is -0.468 e. The first kappa shape index (κ1) is 31.8. The lowest BCUT2D eigenvalue weighted by Crippen LogP contribution is -2.41. The number of ether oxygens (including phenoxy) is 4. The lowest BCUT2D eigenvalue weighted by molar-refractivity contribution is -0.151. The lowest BCUT2D eigenvalue weighted by atomic mass is 10.1. The summed E-state index contributed by atoms with van der Waals surface area (Å²) in [6.45, 7) is 9.73. The second kappa shape index (κ2) is 19.1. The van der Waals surface area contributed by atoms with Crippen molar-refractivity contribution >= 4 is 23.9 Å². The molecular weight excluding hydrogens is 444 g/mol. The zero-order valence-electron chi connectivity index (χ0n) is 21.6. The summed E-state index contributed by atoms with van der Waals surface area (Å²) >= 11 is 0. The summed E-state index contributed by atoms with van der Waals surface area (Å²) in [6.07, 6.45) is 2.80. The first-order valence-corrected chi connectivity index (χ1v) is 12.0. The molecule has 0 aromatic heterocycles. The van der Waals surface area contributed by atoms with Crippen molar-refractivity contribution in [2.24, 2.45) is 11.8 Å². The first-order chi connectivity index (χ1) is 16.1. The average molecular weight is 489 g/mol. The highest BCUT2D eigenvalue weighted by Crippen LogP contribution is 2.05. The van der Waals surface area contributed by atoms with Gasteiger partial charge in [0.25, 0.3) is 0 Å². The Labute approximate surface area is 203 Å². The molecule has 0 aliphatic carbocycles. The maximum atomic E-state index is 12.0. The zero-order valence-corrected chi connectivity index (χ0v) is 21.6. The van der Waals surface area contributed by atoms with Gasteiger partial charge >= 0.3 is 23.9 Å². The Hall–Kier alpha value is -2.20. The predicted molar refractivity (Wildman–Crippen MR) is 127 cm³/mol. The van der Waals surface area contributed by atoms with E-state index in [0.29, 0.717) is 37.8 Å². The van der Waals surface area contributed by atoms with E-state index in [0.717, 1.165) is 12.8 Å². The quantitative estimate of drug-likeness (QED) is 0.158. The summed E-state index contributed by atoms with van der Waals surface area (Å²) in [5, 5.41) is 6.04. The number of carbonyl (C=O) groups excluding carboxylic acids is 4. The molecule has 198 valence electrons. The van der Waals surface area contributed by atoms with Gasteiger partial charge in [-0.3, -0.25) is 19.2 Å². The van der Waals surface area contributed by atoms with Gasteiger partial charge in [0.05, 0.1) is 40.3 Å². The van der Waals surface area contributed by atoms with Crippen LogP contribution in [0.2, 0.25) is 0 Å². The van der Waals surface area contributed by atoms with E-state index in [4.69, 9.17) is 18.9 Å². The largest absolute Gasteiger partial charge is 0.468 e. The zero-order chi connectivity index (χ0) is 25.9. The van der Waals surface area contributed by atoms with Crippen LogP contribution in [0.1, 0.15) is 66.2 Å². The molecule has 0 bridgehead atoms. The van der Waals surface area contributed by atoms with Crippen molar-refractivity contribution in [1.82, 2.24) is 10.6 Å². The SMILES string of the molecule is COC(=O)C(CC(=O)OCCCCCCOC(=O)CC(NCC(C)C)C(=O)OC)NCC(C)C. The van der Waals surface area contributed by atoms with Gasteiger partial charge in [-0.15, -0.1) is 0 Å². The maximum absolute atomic E-state index is 12.0. The van der Waals surface area contributed by atoms with Crippen molar-refractivity contribution in [3.05, 3.63) is 0 Å². The summed E-state index contributed by atoms with van der Waals surface area (Å²) in [6, 6.07) is -1.43. The standard InChI is InChI=1S/C24H44N2O8/c1-17(2)15-25-19(23(29)31-5)13-21(27)33-11-9-7-8-10-12-34-22(28)14-20(24(30)32-6)26-16-18(3)4/h17-20,25-26H,7-16H2,1-6H3. The summed E-state index contributed by atoms with van der Waals surface area (Å²) in [4.78, 5) is 47.6. The molecule has 0 saturated heterocycles. The van der Waals surface area contributed by atoms with Gasteiger partial charge in [-0.05, 0) is 50.6 Å². The molecule has 2 N–H and O–H groups in total. The predicted octanol–water partition coefficient (Wildman–Crippen LogP) is 1.99. The topological polar surface area (TPSA) is 129 Å². The smallest absolute Gasteiger partial charge is 0.323 e. The number of methoxy groups -OCH3 is 2. The molecule has 0 radical (unpaired) electrons. The van der Waals surface area contributed by atoms with Crippen molar-refractivity contribution in [3.8, 4) is 0 Å². The molecule has 0 heterocycles. The van der Waals surface area contributed by atoms with Gasteiger partial charge in [-0.25, -0.2) is 0 Å². The molecule has 0 fully saturated rings. The number of hydrogen-bond acceptors (Lipinski definition) is 10. The van der Waals surface area contributed by atoms with Crippen LogP contribution in [0.15, 0.2) is 0 Å². The molecule has 0 aliphatic rings. The van der Waals surface area contributed by atoms with Crippen LogP contribution in [0.5, 0.6) is 0 Å². The second-order valence-electron chi connectivity index (χ2n) is 9.02. The number of rotatable bonds is 19. The van der Waals surface area contributed by atoms with E-state index in [1.165, 1.54) is 14.2 Å². The second-order valence-corrected chi connectivity index (χ2v) is 9.02. The third-order valence-corrected chi connectivity index (χ3v) is 4.82. The summed E-state index contributed by atoms with van der Waals surface area (Å²) in [7, 11) is 2.58. The van der Waals surface area contributed by atoms with E-state index < -0.39 is 36.0 Å². The van der Waals surface area contributed by atoms with Crippen LogP contribution in [-0.4, -0.2) is 76.5 Å². The molecule has 10 nitrogen and oxygen atoms in total. The fraction of sp³-hybridized carbons (Fsp3) is 0.833. The van der Waals surface area contributed by atoms with Crippen molar-refractivity contribution in [2.45, 2.75) is 78.3 Å². The number of unbranched alkanes of at least 4 members (excludes halogenated alkanes) is 3. The minimum atomic E-state index is -0.714. The Morgan fingerprint density at radius 3 is 1.26 bits per heavy atom. The van der Waals surface area contributed by atoms with Crippen LogP contribution in [0, 0.1) is 11.8 Å². The average Bonchev–Trinajstić information content (AvgIpc) is 2.79. The van der Waals surface area contributed by atoms with E-state index in [2.05, 4.69) is 10.6 Å². The fourth-order valence-corrected chi connectivity index (χ4v) is 2.90. The van der Waals surface area contributed by atoms with Crippen LogP contribution in [0.3, 0.4) is 0 Å². The summed E-state index contributed by atoms with van der Waals surface area (Å²) in [5.74, 6) is -1.21. The Balaban J connectivity index is 4.01. The van der Waals surface area contributed by atoms with Crippen LogP contribution < -0.4 is 10.6 Å². The number of esters is 4. The normalized spacial score (nSPS) is 12.8. The molecule has 0 aromatic rings. The summed E-state index contributed by atoms with van der Waals surface area (Å²) in [5.41, 5.74) is 0.